The van der Waals surface area contributed by atoms with Crippen LogP contribution in [0.4, 0.5) is 20.6 Å². The number of ether oxygens (including phenoxy) is 2. The molecular formula is C30H30FN5O7. The zero-order valence-electron chi connectivity index (χ0n) is 23.3. The Morgan fingerprint density at radius 1 is 0.977 bits per heavy atom. The first-order chi connectivity index (χ1) is 20.6. The number of amides is 3. The molecule has 0 bridgehead atoms. The topological polar surface area (TPSA) is 175 Å². The van der Waals surface area contributed by atoms with Gasteiger partial charge in [0, 0.05) is 30.6 Å². The summed E-state index contributed by atoms with van der Waals surface area (Å²) in [6, 6.07) is 14.2. The van der Waals surface area contributed by atoms with Crippen LogP contribution in [-0.2, 0) is 9.53 Å². The number of H-pyrrole nitrogens is 1. The van der Waals surface area contributed by atoms with Crippen LogP contribution in [0.15, 0.2) is 73.1 Å². The van der Waals surface area contributed by atoms with Gasteiger partial charge in [-0.2, -0.15) is 0 Å². The zero-order chi connectivity index (χ0) is 30.9. The number of aliphatic hydroxyl groups excluding tert-OH is 1. The molecule has 0 aliphatic carbocycles. The third-order valence-electron chi connectivity index (χ3n) is 6.18. The molecule has 0 unspecified atom stereocenters. The van der Waals surface area contributed by atoms with Crippen LogP contribution in [-0.4, -0.2) is 57.5 Å². The van der Waals surface area contributed by atoms with E-state index in [4.69, 9.17) is 14.9 Å². The number of hydrogen-bond acceptors (Lipinski definition) is 8. The third kappa shape index (κ3) is 8.61. The lowest BCUT2D eigenvalue weighted by molar-refractivity contribution is -0.143. The minimum absolute atomic E-state index is 0.0219. The minimum atomic E-state index is -1.62. The smallest absolute Gasteiger partial charge is 0.328 e. The number of nitrogens with zero attached hydrogens (tertiary/aromatic N) is 1. The molecular weight excluding hydrogens is 561 g/mol. The maximum Gasteiger partial charge on any atom is 0.328 e. The lowest BCUT2D eigenvalue weighted by Crippen LogP contribution is -2.41. The van der Waals surface area contributed by atoms with Crippen LogP contribution >= 0.6 is 0 Å². The molecule has 2 heterocycles. The molecule has 3 amide bonds. The molecule has 0 aliphatic heterocycles. The number of aromatic amines is 1. The largest absolute Gasteiger partial charge is 0.467 e. The van der Waals surface area contributed by atoms with E-state index in [0.717, 1.165) is 5.56 Å². The number of anilines is 2. The summed E-state index contributed by atoms with van der Waals surface area (Å²) in [5.41, 5.74) is 2.55. The van der Waals surface area contributed by atoms with E-state index in [-0.39, 0.29) is 24.1 Å². The van der Waals surface area contributed by atoms with Gasteiger partial charge in [-0.05, 0) is 67.4 Å². The Bertz CT molecular complexity index is 1590. The lowest BCUT2D eigenvalue weighted by atomic mass is 10.1. The fraction of sp³-hybridized carbons (Fsp3) is 0.200. The highest BCUT2D eigenvalue weighted by Crippen LogP contribution is 2.27. The van der Waals surface area contributed by atoms with Crippen LogP contribution < -0.4 is 20.7 Å². The first kappa shape index (κ1) is 30.7. The third-order valence-corrected chi connectivity index (χ3v) is 6.18. The van der Waals surface area contributed by atoms with Crippen molar-refractivity contribution < 1.29 is 38.5 Å². The first-order valence-electron chi connectivity index (χ1n) is 13.1. The summed E-state index contributed by atoms with van der Waals surface area (Å²) in [5, 5.41) is 25.8. The van der Waals surface area contributed by atoms with E-state index in [9.17, 15) is 18.8 Å². The number of aliphatic hydroxyl groups is 2. The highest BCUT2D eigenvalue weighted by atomic mass is 19.1. The van der Waals surface area contributed by atoms with Gasteiger partial charge < -0.3 is 40.6 Å². The monoisotopic (exact) mass is 591 g/mol. The molecule has 4 aromatic rings. The second kappa shape index (κ2) is 14.1. The number of carbonyl (C=O) groups excluding carboxylic acids is 3. The number of hydrogen-bond donors (Lipinski definition) is 6. The number of nitrogens with one attached hydrogen (secondary N) is 4. The summed E-state index contributed by atoms with van der Waals surface area (Å²) in [4.78, 5) is 44.3. The molecule has 2 aromatic carbocycles. The van der Waals surface area contributed by atoms with Gasteiger partial charge in [-0.25, -0.2) is 14.0 Å². The van der Waals surface area contributed by atoms with Gasteiger partial charge in [0.05, 0.1) is 29.7 Å². The normalized spacial score (nSPS) is 11.5. The number of methoxy groups -OCH3 is 1. The quantitative estimate of drug-likeness (QED) is 0.110. The van der Waals surface area contributed by atoms with Crippen molar-refractivity contribution >= 4 is 29.3 Å². The molecule has 0 fully saturated rings. The number of aromatic nitrogens is 2. The van der Waals surface area contributed by atoms with Crippen LogP contribution in [0, 0.1) is 12.7 Å². The molecule has 2 aromatic heterocycles. The Kier molecular flexibility index (Phi) is 10.0. The van der Waals surface area contributed by atoms with Gasteiger partial charge in [0.25, 0.3) is 5.91 Å². The number of aryl methyl sites for hydroxylation is 1. The molecule has 6 N–H and O–H groups in total. The van der Waals surface area contributed by atoms with Crippen molar-refractivity contribution in [2.75, 3.05) is 17.7 Å². The average molecular weight is 592 g/mol. The highest BCUT2D eigenvalue weighted by molar-refractivity contribution is 6.00. The van der Waals surface area contributed by atoms with Crippen molar-refractivity contribution in [2.24, 2.45) is 0 Å². The molecule has 43 heavy (non-hydrogen) atoms. The van der Waals surface area contributed by atoms with Gasteiger partial charge in [0.15, 0.2) is 6.29 Å². The van der Waals surface area contributed by atoms with E-state index >= 15 is 0 Å². The standard InChI is InChI=1S/C30H30FN5O7/c1-17-3-8-22(31)24(13-17)36-30(41)34-19-4-6-20(7-5-19)43-21-11-12-32-26(15-21)25-14-18(16-33-25)28(39)35-23(29(40)42-2)9-10-27(37)38/h3-8,11-16,23,27,33,37-38H,9-10H2,1-2H3,(H,35,39)(H2,34,36,41)/t23-/m0/s1. The summed E-state index contributed by atoms with van der Waals surface area (Å²) in [7, 11) is 1.17. The number of rotatable bonds is 11. The number of esters is 1. The number of urea groups is 1. The summed E-state index contributed by atoms with van der Waals surface area (Å²) in [6.45, 7) is 1.79. The Morgan fingerprint density at radius 2 is 1.74 bits per heavy atom. The number of pyridine rings is 1. The van der Waals surface area contributed by atoms with Crippen LogP contribution in [0.5, 0.6) is 11.5 Å². The fourth-order valence-corrected chi connectivity index (χ4v) is 4.01. The summed E-state index contributed by atoms with van der Waals surface area (Å²) in [5.74, 6) is -0.887. The van der Waals surface area contributed by atoms with Crippen molar-refractivity contribution in [1.29, 1.82) is 0 Å². The Balaban J connectivity index is 1.37. The van der Waals surface area contributed by atoms with Crippen LogP contribution in [0.25, 0.3) is 11.4 Å². The van der Waals surface area contributed by atoms with E-state index in [0.29, 0.717) is 28.6 Å². The zero-order valence-corrected chi connectivity index (χ0v) is 23.3. The van der Waals surface area contributed by atoms with E-state index in [2.05, 4.69) is 30.7 Å². The van der Waals surface area contributed by atoms with Gasteiger partial charge in [-0.15, -0.1) is 0 Å². The van der Waals surface area contributed by atoms with Gasteiger partial charge >= 0.3 is 12.0 Å². The maximum absolute atomic E-state index is 13.9. The van der Waals surface area contributed by atoms with E-state index in [1.165, 1.54) is 31.6 Å². The summed E-state index contributed by atoms with van der Waals surface area (Å²) in [6.07, 6.45) is 1.21. The fourth-order valence-electron chi connectivity index (χ4n) is 4.01. The Hall–Kier alpha value is -5.27. The predicted molar refractivity (Wildman–Crippen MR) is 155 cm³/mol. The maximum atomic E-state index is 13.9. The molecule has 0 saturated carbocycles. The van der Waals surface area contributed by atoms with Gasteiger partial charge in [-0.3, -0.25) is 9.78 Å². The van der Waals surface area contributed by atoms with Crippen molar-refractivity contribution in [3.63, 3.8) is 0 Å². The van der Waals surface area contributed by atoms with Crippen molar-refractivity contribution in [2.45, 2.75) is 32.1 Å². The summed E-state index contributed by atoms with van der Waals surface area (Å²) < 4.78 is 24.5. The van der Waals surface area contributed by atoms with E-state index in [1.54, 1.807) is 55.5 Å². The molecule has 0 radical (unpaired) electrons. The van der Waals surface area contributed by atoms with E-state index < -0.39 is 36.1 Å². The second-order valence-electron chi connectivity index (χ2n) is 9.47. The summed E-state index contributed by atoms with van der Waals surface area (Å²) >= 11 is 0. The Morgan fingerprint density at radius 3 is 2.47 bits per heavy atom. The lowest BCUT2D eigenvalue weighted by Gasteiger charge is -2.16. The molecule has 0 aliphatic rings. The molecule has 0 saturated heterocycles. The molecule has 12 nitrogen and oxygen atoms in total. The molecule has 1 atom stereocenters. The van der Waals surface area contributed by atoms with Crippen molar-refractivity contribution in [1.82, 2.24) is 15.3 Å². The van der Waals surface area contributed by atoms with Crippen LogP contribution in [0.1, 0.15) is 28.8 Å². The second-order valence-corrected chi connectivity index (χ2v) is 9.47. The van der Waals surface area contributed by atoms with Crippen molar-refractivity contribution in [3.8, 4) is 22.9 Å². The molecule has 0 spiro atoms. The predicted octanol–water partition coefficient (Wildman–Crippen LogP) is 4.32. The minimum Gasteiger partial charge on any atom is -0.467 e. The first-order valence-corrected chi connectivity index (χ1v) is 13.1. The van der Waals surface area contributed by atoms with Gasteiger partial charge in [0.2, 0.25) is 0 Å². The SMILES string of the molecule is COC(=O)[C@H](CCC(O)O)NC(=O)c1c[nH]c(-c2cc(Oc3ccc(NC(=O)Nc4cc(C)ccc4F)cc3)ccn2)c1. The van der Waals surface area contributed by atoms with Gasteiger partial charge in [0.1, 0.15) is 23.4 Å². The number of benzene rings is 2. The van der Waals surface area contributed by atoms with Gasteiger partial charge in [-0.1, -0.05) is 6.07 Å². The molecule has 13 heteroatoms. The average Bonchev–Trinajstić information content (AvgIpc) is 3.48. The molecule has 4 rings (SSSR count). The highest BCUT2D eigenvalue weighted by Gasteiger charge is 2.23. The van der Waals surface area contributed by atoms with E-state index in [1.807, 2.05) is 0 Å². The van der Waals surface area contributed by atoms with Crippen LogP contribution in [0.2, 0.25) is 0 Å². The van der Waals surface area contributed by atoms with Crippen molar-refractivity contribution in [3.05, 3.63) is 90.0 Å². The number of halogens is 1. The molecule has 224 valence electrons. The van der Waals surface area contributed by atoms with Crippen LogP contribution in [0.3, 0.4) is 0 Å². The Labute approximate surface area is 245 Å². The number of carbonyl (C=O) groups is 3.